The number of hydrogen-bond donors (Lipinski definition) is 0. The third kappa shape index (κ3) is 26.1. The first-order chi connectivity index (χ1) is 15.3. The van der Waals surface area contributed by atoms with Gasteiger partial charge < -0.3 is 0 Å². The minimum atomic E-state index is 1.04. The molecule has 0 saturated carbocycles. The Bertz CT molecular complexity index is 294. The van der Waals surface area contributed by atoms with Gasteiger partial charge in [0.2, 0.25) is 0 Å². The Morgan fingerprint density at radius 1 is 0.258 bits per heavy atom. The van der Waals surface area contributed by atoms with Crippen molar-refractivity contribution >= 4 is 0 Å². The first-order valence-corrected chi connectivity index (χ1v) is 15.3. The predicted molar refractivity (Wildman–Crippen MR) is 145 cm³/mol. The molecule has 0 heteroatoms. The molecule has 0 radical (unpaired) electrons. The summed E-state index contributed by atoms with van der Waals surface area (Å²) in [4.78, 5) is 0. The van der Waals surface area contributed by atoms with Crippen LogP contribution in [0.25, 0.3) is 0 Å². The molecule has 0 aromatic carbocycles. The molecule has 0 amide bonds. The SMILES string of the molecule is CCCCCCCCCCCCCCCCCC(CCCC)CCCCCCCCC. The molecule has 0 aliphatic heterocycles. The second-order valence-corrected chi connectivity index (χ2v) is 10.7. The average molecular weight is 437 g/mol. The summed E-state index contributed by atoms with van der Waals surface area (Å²) in [6, 6.07) is 0. The van der Waals surface area contributed by atoms with Crippen LogP contribution in [0.2, 0.25) is 0 Å². The Morgan fingerprint density at radius 2 is 0.484 bits per heavy atom. The molecule has 0 aromatic heterocycles. The van der Waals surface area contributed by atoms with Crippen LogP contribution < -0.4 is 0 Å². The van der Waals surface area contributed by atoms with E-state index < -0.39 is 0 Å². The fourth-order valence-corrected chi connectivity index (χ4v) is 5.12. The highest BCUT2D eigenvalue weighted by atomic mass is 14.1. The zero-order chi connectivity index (χ0) is 22.7. The van der Waals surface area contributed by atoms with Crippen molar-refractivity contribution in [3.8, 4) is 0 Å². The molecule has 31 heavy (non-hydrogen) atoms. The van der Waals surface area contributed by atoms with Crippen LogP contribution in [0.1, 0.15) is 194 Å². The molecule has 188 valence electrons. The molecule has 0 aliphatic rings. The van der Waals surface area contributed by atoms with Crippen molar-refractivity contribution in [2.45, 2.75) is 194 Å². The van der Waals surface area contributed by atoms with Gasteiger partial charge in [-0.25, -0.2) is 0 Å². The maximum absolute atomic E-state index is 2.36. The van der Waals surface area contributed by atoms with E-state index in [0.29, 0.717) is 0 Å². The summed E-state index contributed by atoms with van der Waals surface area (Å²) in [6.45, 7) is 6.98. The molecule has 0 heterocycles. The van der Waals surface area contributed by atoms with Gasteiger partial charge in [-0.2, -0.15) is 0 Å². The molecular weight excluding hydrogens is 372 g/mol. The average Bonchev–Trinajstić information content (AvgIpc) is 2.78. The summed E-state index contributed by atoms with van der Waals surface area (Å²) in [6.07, 6.45) is 39.8. The summed E-state index contributed by atoms with van der Waals surface area (Å²) in [5.74, 6) is 1.04. The molecule has 1 unspecified atom stereocenters. The first-order valence-electron chi connectivity index (χ1n) is 15.3. The second-order valence-electron chi connectivity index (χ2n) is 10.7. The highest BCUT2D eigenvalue weighted by Crippen LogP contribution is 2.24. The van der Waals surface area contributed by atoms with Gasteiger partial charge in [0.1, 0.15) is 0 Å². The third-order valence-corrected chi connectivity index (χ3v) is 7.40. The Balaban J connectivity index is 3.43. The lowest BCUT2D eigenvalue weighted by Crippen LogP contribution is -2.01. The lowest BCUT2D eigenvalue weighted by Gasteiger charge is -2.16. The van der Waals surface area contributed by atoms with Crippen LogP contribution in [0.3, 0.4) is 0 Å². The molecule has 0 rings (SSSR count). The van der Waals surface area contributed by atoms with Gasteiger partial charge in [-0.3, -0.25) is 0 Å². The highest BCUT2D eigenvalue weighted by Gasteiger charge is 2.08. The van der Waals surface area contributed by atoms with Crippen molar-refractivity contribution < 1.29 is 0 Å². The van der Waals surface area contributed by atoms with E-state index >= 15 is 0 Å². The fourth-order valence-electron chi connectivity index (χ4n) is 5.12. The second kappa shape index (κ2) is 28.0. The number of unbranched alkanes of at least 4 members (excludes halogenated alkanes) is 21. The molecule has 0 aromatic rings. The zero-order valence-electron chi connectivity index (χ0n) is 22.7. The van der Waals surface area contributed by atoms with E-state index in [1.807, 2.05) is 0 Å². The van der Waals surface area contributed by atoms with Crippen LogP contribution in [-0.4, -0.2) is 0 Å². The Kier molecular flexibility index (Phi) is 28.0. The van der Waals surface area contributed by atoms with Crippen LogP contribution in [0, 0.1) is 5.92 Å². The number of rotatable bonds is 27. The van der Waals surface area contributed by atoms with E-state index in [0.717, 1.165) is 5.92 Å². The van der Waals surface area contributed by atoms with Gasteiger partial charge in [-0.05, 0) is 5.92 Å². The minimum absolute atomic E-state index is 1.04. The molecule has 0 nitrogen and oxygen atoms in total. The largest absolute Gasteiger partial charge is 0.0654 e. The maximum Gasteiger partial charge on any atom is -0.0414 e. The molecule has 0 saturated heterocycles. The van der Waals surface area contributed by atoms with Gasteiger partial charge in [-0.1, -0.05) is 194 Å². The summed E-state index contributed by atoms with van der Waals surface area (Å²) in [5, 5.41) is 0. The minimum Gasteiger partial charge on any atom is -0.0654 e. The lowest BCUT2D eigenvalue weighted by molar-refractivity contribution is 0.370. The van der Waals surface area contributed by atoms with Crippen LogP contribution in [-0.2, 0) is 0 Å². The lowest BCUT2D eigenvalue weighted by atomic mass is 9.90. The molecule has 0 bridgehead atoms. The first kappa shape index (κ1) is 31.0. The fraction of sp³-hybridized carbons (Fsp3) is 1.00. The Labute approximate surface area is 200 Å². The quantitative estimate of drug-likeness (QED) is 0.112. The maximum atomic E-state index is 2.36. The van der Waals surface area contributed by atoms with Gasteiger partial charge in [-0.15, -0.1) is 0 Å². The van der Waals surface area contributed by atoms with E-state index in [9.17, 15) is 0 Å². The smallest absolute Gasteiger partial charge is 0.0414 e. The van der Waals surface area contributed by atoms with Crippen LogP contribution >= 0.6 is 0 Å². The Morgan fingerprint density at radius 3 is 0.774 bits per heavy atom. The van der Waals surface area contributed by atoms with Crippen LogP contribution in [0.5, 0.6) is 0 Å². The van der Waals surface area contributed by atoms with Gasteiger partial charge in [0.15, 0.2) is 0 Å². The van der Waals surface area contributed by atoms with Crippen molar-refractivity contribution in [1.82, 2.24) is 0 Å². The van der Waals surface area contributed by atoms with Crippen molar-refractivity contribution in [2.24, 2.45) is 5.92 Å². The van der Waals surface area contributed by atoms with E-state index in [4.69, 9.17) is 0 Å². The van der Waals surface area contributed by atoms with Gasteiger partial charge in [0.05, 0.1) is 0 Å². The van der Waals surface area contributed by atoms with Crippen molar-refractivity contribution in [3.63, 3.8) is 0 Å². The van der Waals surface area contributed by atoms with E-state index in [1.54, 1.807) is 0 Å². The van der Waals surface area contributed by atoms with E-state index in [-0.39, 0.29) is 0 Å². The van der Waals surface area contributed by atoms with Crippen molar-refractivity contribution in [1.29, 1.82) is 0 Å². The standard InChI is InChI=1S/C31H64/c1-4-7-10-12-14-15-16-17-18-19-20-21-23-25-27-30-31(28-9-6-3)29-26-24-22-13-11-8-5-2/h31H,4-30H2,1-3H3. The summed E-state index contributed by atoms with van der Waals surface area (Å²) in [7, 11) is 0. The monoisotopic (exact) mass is 437 g/mol. The third-order valence-electron chi connectivity index (χ3n) is 7.40. The van der Waals surface area contributed by atoms with Crippen LogP contribution in [0.15, 0.2) is 0 Å². The molecular formula is C31H64. The summed E-state index contributed by atoms with van der Waals surface area (Å²) < 4.78 is 0. The molecule has 0 aliphatic carbocycles. The molecule has 0 N–H and O–H groups in total. The summed E-state index contributed by atoms with van der Waals surface area (Å²) >= 11 is 0. The Hall–Kier alpha value is 0. The topological polar surface area (TPSA) is 0 Å². The van der Waals surface area contributed by atoms with Crippen molar-refractivity contribution in [3.05, 3.63) is 0 Å². The number of hydrogen-bond acceptors (Lipinski definition) is 0. The highest BCUT2D eigenvalue weighted by molar-refractivity contribution is 4.61. The molecule has 1 atom stereocenters. The van der Waals surface area contributed by atoms with Crippen LogP contribution in [0.4, 0.5) is 0 Å². The zero-order valence-corrected chi connectivity index (χ0v) is 22.7. The van der Waals surface area contributed by atoms with Crippen molar-refractivity contribution in [2.75, 3.05) is 0 Å². The normalized spacial score (nSPS) is 12.5. The molecule has 0 spiro atoms. The molecule has 0 fully saturated rings. The van der Waals surface area contributed by atoms with Gasteiger partial charge in [0, 0.05) is 0 Å². The van der Waals surface area contributed by atoms with Gasteiger partial charge in [0.25, 0.3) is 0 Å². The predicted octanol–water partition coefficient (Wildman–Crippen LogP) is 12.2. The van der Waals surface area contributed by atoms with Gasteiger partial charge >= 0.3 is 0 Å². The van der Waals surface area contributed by atoms with E-state index in [1.165, 1.54) is 173 Å². The summed E-state index contributed by atoms with van der Waals surface area (Å²) in [5.41, 5.74) is 0. The van der Waals surface area contributed by atoms with E-state index in [2.05, 4.69) is 20.8 Å².